The lowest BCUT2D eigenvalue weighted by Crippen LogP contribution is -2.28. The molecule has 2 unspecified atom stereocenters. The van der Waals surface area contributed by atoms with Crippen LogP contribution in [0.1, 0.15) is 20.3 Å². The molecule has 0 aromatic carbocycles. The maximum absolute atomic E-state index is 11.5. The normalized spacial score (nSPS) is 12.9. The third-order valence-electron chi connectivity index (χ3n) is 2.13. The smallest absolute Gasteiger partial charge is 0.332 e. The molecular formula is C10H14N2O4. The third kappa shape index (κ3) is 5.20. The van der Waals surface area contributed by atoms with Crippen LogP contribution in [0.5, 0.6) is 0 Å². The molecule has 16 heavy (non-hydrogen) atoms. The van der Waals surface area contributed by atoms with Crippen LogP contribution in [-0.4, -0.2) is 37.3 Å². The number of isocyanates is 2. The average molecular weight is 226 g/mol. The number of hydrogen-bond acceptors (Lipinski definition) is 6. The summed E-state index contributed by atoms with van der Waals surface area (Å²) < 4.78 is 4.80. The summed E-state index contributed by atoms with van der Waals surface area (Å²) in [6.45, 7) is 3.71. The lowest BCUT2D eigenvalue weighted by atomic mass is 10.0. The summed E-state index contributed by atoms with van der Waals surface area (Å²) in [6, 6.07) is -0.831. The second kappa shape index (κ2) is 8.53. The Balaban J connectivity index is 4.27. The highest BCUT2D eigenvalue weighted by Crippen LogP contribution is 2.12. The number of aliphatic imine (C=N–C) groups is 2. The first-order valence-corrected chi connectivity index (χ1v) is 4.94. The molecule has 0 N–H and O–H groups in total. The van der Waals surface area contributed by atoms with Crippen molar-refractivity contribution < 1.29 is 19.1 Å². The van der Waals surface area contributed by atoms with E-state index in [0.29, 0.717) is 6.42 Å². The van der Waals surface area contributed by atoms with Crippen molar-refractivity contribution in [3.63, 3.8) is 0 Å². The number of esters is 1. The zero-order valence-corrected chi connectivity index (χ0v) is 9.30. The second-order valence-corrected chi connectivity index (χ2v) is 3.19. The summed E-state index contributed by atoms with van der Waals surface area (Å²) in [7, 11) is 0. The zero-order valence-electron chi connectivity index (χ0n) is 9.30. The van der Waals surface area contributed by atoms with E-state index < -0.39 is 12.0 Å². The Bertz CT molecular complexity index is 317. The fourth-order valence-electron chi connectivity index (χ4n) is 1.02. The van der Waals surface area contributed by atoms with Crippen molar-refractivity contribution in [2.24, 2.45) is 15.9 Å². The van der Waals surface area contributed by atoms with Crippen LogP contribution in [-0.2, 0) is 19.1 Å². The summed E-state index contributed by atoms with van der Waals surface area (Å²) in [5.74, 6) is -0.692. The van der Waals surface area contributed by atoms with Crippen LogP contribution in [0.25, 0.3) is 0 Å². The van der Waals surface area contributed by atoms with E-state index in [-0.39, 0.29) is 19.1 Å². The van der Waals surface area contributed by atoms with E-state index >= 15 is 0 Å². The first kappa shape index (κ1) is 14.2. The molecule has 6 nitrogen and oxygen atoms in total. The van der Waals surface area contributed by atoms with E-state index in [1.807, 2.05) is 6.92 Å². The first-order chi connectivity index (χ1) is 7.67. The molecule has 6 heteroatoms. The molecule has 0 heterocycles. The standard InChI is InChI=1S/C10H14N2O4/c1-3-8(2)9(12-7-14)10(15)16-5-4-11-6-13/h8-9H,3-5H2,1-2H3. The summed E-state index contributed by atoms with van der Waals surface area (Å²) in [5.41, 5.74) is 0. The number of carbonyl (C=O) groups excluding carboxylic acids is 3. The van der Waals surface area contributed by atoms with E-state index in [2.05, 4.69) is 9.98 Å². The largest absolute Gasteiger partial charge is 0.462 e. The number of ether oxygens (including phenoxy) is 1. The first-order valence-electron chi connectivity index (χ1n) is 4.94. The van der Waals surface area contributed by atoms with Crippen molar-refractivity contribution in [2.45, 2.75) is 26.3 Å². The van der Waals surface area contributed by atoms with Gasteiger partial charge in [0.25, 0.3) is 0 Å². The molecular weight excluding hydrogens is 212 g/mol. The Morgan fingerprint density at radius 2 is 2.06 bits per heavy atom. The van der Waals surface area contributed by atoms with Crippen molar-refractivity contribution in [1.82, 2.24) is 0 Å². The van der Waals surface area contributed by atoms with Gasteiger partial charge in [0.2, 0.25) is 12.2 Å². The van der Waals surface area contributed by atoms with E-state index in [1.165, 1.54) is 12.2 Å². The van der Waals surface area contributed by atoms with Gasteiger partial charge in [-0.2, -0.15) is 4.99 Å². The molecule has 0 aliphatic rings. The molecule has 0 aliphatic carbocycles. The molecule has 2 atom stereocenters. The van der Waals surface area contributed by atoms with Gasteiger partial charge >= 0.3 is 5.97 Å². The van der Waals surface area contributed by atoms with Gasteiger partial charge in [-0.3, -0.25) is 0 Å². The van der Waals surface area contributed by atoms with Crippen LogP contribution in [0, 0.1) is 5.92 Å². The maximum Gasteiger partial charge on any atom is 0.332 e. The molecule has 0 saturated carbocycles. The van der Waals surface area contributed by atoms with Gasteiger partial charge in [-0.25, -0.2) is 19.4 Å². The van der Waals surface area contributed by atoms with Gasteiger partial charge in [-0.05, 0) is 5.92 Å². The SMILES string of the molecule is CCC(C)C(N=C=O)C(=O)OCCN=C=O. The zero-order chi connectivity index (χ0) is 12.4. The molecule has 0 rings (SSSR count). The fourth-order valence-corrected chi connectivity index (χ4v) is 1.02. The number of carbonyl (C=O) groups is 1. The number of hydrogen-bond donors (Lipinski definition) is 0. The van der Waals surface area contributed by atoms with Gasteiger partial charge in [0, 0.05) is 0 Å². The van der Waals surface area contributed by atoms with Crippen LogP contribution in [0.15, 0.2) is 9.98 Å². The lowest BCUT2D eigenvalue weighted by Gasteiger charge is -2.15. The van der Waals surface area contributed by atoms with Crippen molar-refractivity contribution in [3.05, 3.63) is 0 Å². The van der Waals surface area contributed by atoms with Gasteiger partial charge < -0.3 is 4.74 Å². The monoisotopic (exact) mass is 226 g/mol. The second-order valence-electron chi connectivity index (χ2n) is 3.19. The number of nitrogens with zero attached hydrogens (tertiary/aromatic N) is 2. The Hall–Kier alpha value is -1.77. The Morgan fingerprint density at radius 3 is 2.56 bits per heavy atom. The lowest BCUT2D eigenvalue weighted by molar-refractivity contribution is -0.146. The molecule has 0 aromatic heterocycles. The van der Waals surface area contributed by atoms with Crippen LogP contribution in [0.2, 0.25) is 0 Å². The van der Waals surface area contributed by atoms with Gasteiger partial charge in [0.05, 0.1) is 6.54 Å². The highest BCUT2D eigenvalue weighted by atomic mass is 16.5. The van der Waals surface area contributed by atoms with Crippen molar-refractivity contribution in [3.8, 4) is 0 Å². The minimum atomic E-state index is -0.831. The molecule has 0 amide bonds. The van der Waals surface area contributed by atoms with E-state index in [1.54, 1.807) is 6.92 Å². The predicted octanol–water partition coefficient (Wildman–Crippen LogP) is 0.616. The number of rotatable bonds is 7. The quantitative estimate of drug-likeness (QED) is 0.275. The van der Waals surface area contributed by atoms with Crippen molar-refractivity contribution in [1.29, 1.82) is 0 Å². The summed E-state index contributed by atoms with van der Waals surface area (Å²) in [6.07, 6.45) is 3.37. The van der Waals surface area contributed by atoms with E-state index in [9.17, 15) is 14.4 Å². The highest BCUT2D eigenvalue weighted by Gasteiger charge is 2.24. The fraction of sp³-hybridized carbons (Fsp3) is 0.700. The molecule has 0 fully saturated rings. The minimum Gasteiger partial charge on any atom is -0.462 e. The van der Waals surface area contributed by atoms with E-state index in [0.717, 1.165) is 0 Å². The average Bonchev–Trinajstić information content (AvgIpc) is 2.30. The Labute approximate surface area is 93.4 Å². The van der Waals surface area contributed by atoms with Crippen molar-refractivity contribution in [2.75, 3.05) is 13.2 Å². The molecule has 0 bridgehead atoms. The van der Waals surface area contributed by atoms with Crippen LogP contribution in [0.4, 0.5) is 0 Å². The van der Waals surface area contributed by atoms with Crippen LogP contribution < -0.4 is 0 Å². The molecule has 88 valence electrons. The maximum atomic E-state index is 11.5. The van der Waals surface area contributed by atoms with Crippen molar-refractivity contribution >= 4 is 18.1 Å². The summed E-state index contributed by atoms with van der Waals surface area (Å²) >= 11 is 0. The third-order valence-corrected chi connectivity index (χ3v) is 2.13. The summed E-state index contributed by atoms with van der Waals surface area (Å²) in [5, 5.41) is 0. The topological polar surface area (TPSA) is 85.2 Å². The predicted molar refractivity (Wildman–Crippen MR) is 55.3 cm³/mol. The molecule has 0 radical (unpaired) electrons. The molecule has 0 aromatic rings. The highest BCUT2D eigenvalue weighted by molar-refractivity contribution is 5.77. The van der Waals surface area contributed by atoms with Gasteiger partial charge in [-0.15, -0.1) is 0 Å². The van der Waals surface area contributed by atoms with Crippen LogP contribution in [0.3, 0.4) is 0 Å². The Morgan fingerprint density at radius 1 is 1.38 bits per heavy atom. The van der Waals surface area contributed by atoms with Gasteiger partial charge in [-0.1, -0.05) is 20.3 Å². The van der Waals surface area contributed by atoms with Gasteiger partial charge in [0.1, 0.15) is 6.61 Å². The Kier molecular flexibility index (Phi) is 7.59. The minimum absolute atomic E-state index is 0.0185. The summed E-state index contributed by atoms with van der Waals surface area (Å²) in [4.78, 5) is 38.0. The molecule has 0 saturated heterocycles. The molecule has 0 aliphatic heterocycles. The van der Waals surface area contributed by atoms with Crippen LogP contribution >= 0.6 is 0 Å². The van der Waals surface area contributed by atoms with E-state index in [4.69, 9.17) is 4.74 Å². The molecule has 0 spiro atoms. The van der Waals surface area contributed by atoms with Gasteiger partial charge in [0.15, 0.2) is 6.04 Å².